The Morgan fingerprint density at radius 2 is 2.06 bits per heavy atom. The third-order valence-corrected chi connectivity index (χ3v) is 4.53. The fourth-order valence-corrected chi connectivity index (χ4v) is 3.33. The maximum atomic E-state index is 6.28. The Kier molecular flexibility index (Phi) is 2.60. The van der Waals surface area contributed by atoms with E-state index in [9.17, 15) is 0 Å². The van der Waals surface area contributed by atoms with Gasteiger partial charge in [-0.25, -0.2) is 0 Å². The molecule has 3 rings (SSSR count). The number of hydrogen-bond donors (Lipinski definition) is 1. The molecule has 0 aromatic heterocycles. The summed E-state index contributed by atoms with van der Waals surface area (Å²) in [5.74, 6) is 0.951. The molecule has 2 N–H and O–H groups in total. The van der Waals surface area contributed by atoms with Gasteiger partial charge in [0.15, 0.2) is 0 Å². The molecule has 1 spiro atoms. The van der Waals surface area contributed by atoms with Crippen molar-refractivity contribution in [2.75, 3.05) is 0 Å². The summed E-state index contributed by atoms with van der Waals surface area (Å²) in [5.41, 5.74) is 8.42. The summed E-state index contributed by atoms with van der Waals surface area (Å²) < 4.78 is 6.25. The third-order valence-electron chi connectivity index (χ3n) is 4.12. The Balaban J connectivity index is 2.03. The molecule has 1 aromatic carbocycles. The summed E-state index contributed by atoms with van der Waals surface area (Å²) in [6.45, 7) is 2.01. The van der Waals surface area contributed by atoms with Gasteiger partial charge in [-0.1, -0.05) is 11.6 Å². The molecular weight excluding hydrogens is 234 g/mol. The van der Waals surface area contributed by atoms with Crippen LogP contribution in [0.25, 0.3) is 0 Å². The van der Waals surface area contributed by atoms with Crippen LogP contribution in [0.1, 0.15) is 49.3 Å². The molecule has 0 amide bonds. The topological polar surface area (TPSA) is 35.2 Å². The molecule has 1 atom stereocenters. The highest BCUT2D eigenvalue weighted by Gasteiger charge is 2.42. The molecule has 1 unspecified atom stereocenters. The molecule has 92 valence electrons. The van der Waals surface area contributed by atoms with Crippen LogP contribution in [-0.4, -0.2) is 5.60 Å². The highest BCUT2D eigenvalue weighted by Crippen LogP contribution is 2.47. The molecule has 2 aliphatic rings. The SMILES string of the molecule is Cc1cc2c(cc1Cl)C(N)CC1(CCCC1)O2. The molecule has 0 radical (unpaired) electrons. The summed E-state index contributed by atoms with van der Waals surface area (Å²) in [6, 6.07) is 4.07. The molecule has 17 heavy (non-hydrogen) atoms. The lowest BCUT2D eigenvalue weighted by Gasteiger charge is -2.39. The zero-order chi connectivity index (χ0) is 12.0. The number of hydrogen-bond acceptors (Lipinski definition) is 2. The minimum Gasteiger partial charge on any atom is -0.487 e. The van der Waals surface area contributed by atoms with Crippen LogP contribution in [0.5, 0.6) is 5.75 Å². The van der Waals surface area contributed by atoms with Gasteiger partial charge in [-0.05, 0) is 50.3 Å². The summed E-state index contributed by atoms with van der Waals surface area (Å²) in [7, 11) is 0. The van der Waals surface area contributed by atoms with Gasteiger partial charge in [0.25, 0.3) is 0 Å². The van der Waals surface area contributed by atoms with E-state index in [-0.39, 0.29) is 11.6 Å². The van der Waals surface area contributed by atoms with E-state index in [0.717, 1.165) is 41.2 Å². The lowest BCUT2D eigenvalue weighted by molar-refractivity contribution is 0.0426. The van der Waals surface area contributed by atoms with Gasteiger partial charge in [0.1, 0.15) is 11.4 Å². The molecule has 1 saturated carbocycles. The highest BCUT2D eigenvalue weighted by atomic mass is 35.5. The zero-order valence-corrected chi connectivity index (χ0v) is 10.9. The number of aryl methyl sites for hydroxylation is 1. The second-order valence-corrected chi connectivity index (χ2v) is 5.85. The Labute approximate surface area is 107 Å². The van der Waals surface area contributed by atoms with Gasteiger partial charge < -0.3 is 10.5 Å². The Morgan fingerprint density at radius 3 is 2.76 bits per heavy atom. The Morgan fingerprint density at radius 1 is 1.35 bits per heavy atom. The molecule has 2 nitrogen and oxygen atoms in total. The number of ether oxygens (including phenoxy) is 1. The average Bonchev–Trinajstić information content (AvgIpc) is 2.70. The first kappa shape index (κ1) is 11.4. The van der Waals surface area contributed by atoms with E-state index in [2.05, 4.69) is 0 Å². The number of fused-ring (bicyclic) bond motifs is 1. The molecule has 3 heteroatoms. The van der Waals surface area contributed by atoms with Crippen LogP contribution in [0.2, 0.25) is 5.02 Å². The third kappa shape index (κ3) is 1.84. The summed E-state index contributed by atoms with van der Waals surface area (Å²) >= 11 is 6.15. The summed E-state index contributed by atoms with van der Waals surface area (Å²) in [5, 5.41) is 0.783. The first-order valence-corrected chi connectivity index (χ1v) is 6.72. The molecule has 1 aromatic rings. The van der Waals surface area contributed by atoms with Crippen molar-refractivity contribution in [3.63, 3.8) is 0 Å². The van der Waals surface area contributed by atoms with E-state index >= 15 is 0 Å². The van der Waals surface area contributed by atoms with E-state index in [1.807, 2.05) is 19.1 Å². The number of benzene rings is 1. The Hall–Kier alpha value is -0.730. The quantitative estimate of drug-likeness (QED) is 0.762. The average molecular weight is 252 g/mol. The van der Waals surface area contributed by atoms with Crippen molar-refractivity contribution in [1.82, 2.24) is 0 Å². The Bertz CT molecular complexity index is 452. The van der Waals surface area contributed by atoms with E-state index < -0.39 is 0 Å². The normalized spacial score (nSPS) is 25.7. The van der Waals surface area contributed by atoms with Gasteiger partial charge >= 0.3 is 0 Å². The monoisotopic (exact) mass is 251 g/mol. The highest BCUT2D eigenvalue weighted by molar-refractivity contribution is 6.31. The standard InChI is InChI=1S/C14H18ClNO/c1-9-6-13-10(7-11(9)15)12(16)8-14(17-13)4-2-3-5-14/h6-7,12H,2-5,8,16H2,1H3. The van der Waals surface area contributed by atoms with Gasteiger partial charge in [-0.2, -0.15) is 0 Å². The van der Waals surface area contributed by atoms with Gasteiger partial charge in [0.2, 0.25) is 0 Å². The van der Waals surface area contributed by atoms with Crippen LogP contribution in [0, 0.1) is 6.92 Å². The number of rotatable bonds is 0. The van der Waals surface area contributed by atoms with Crippen molar-refractivity contribution in [3.05, 3.63) is 28.3 Å². The smallest absolute Gasteiger partial charge is 0.125 e. The van der Waals surface area contributed by atoms with Gasteiger partial charge in [-0.3, -0.25) is 0 Å². The van der Waals surface area contributed by atoms with Crippen LogP contribution in [0.3, 0.4) is 0 Å². The maximum absolute atomic E-state index is 6.28. The second kappa shape index (κ2) is 3.89. The van der Waals surface area contributed by atoms with E-state index in [1.54, 1.807) is 0 Å². The first-order chi connectivity index (χ1) is 8.10. The number of nitrogens with two attached hydrogens (primary N) is 1. The minimum atomic E-state index is 0.00663. The van der Waals surface area contributed by atoms with Crippen LogP contribution in [0.15, 0.2) is 12.1 Å². The van der Waals surface area contributed by atoms with Gasteiger partial charge in [-0.15, -0.1) is 0 Å². The van der Waals surface area contributed by atoms with Crippen molar-refractivity contribution in [2.24, 2.45) is 5.73 Å². The summed E-state index contributed by atoms with van der Waals surface area (Å²) in [4.78, 5) is 0. The van der Waals surface area contributed by atoms with Gasteiger partial charge in [0, 0.05) is 23.0 Å². The van der Waals surface area contributed by atoms with Gasteiger partial charge in [0.05, 0.1) is 0 Å². The van der Waals surface area contributed by atoms with E-state index in [4.69, 9.17) is 22.1 Å². The van der Waals surface area contributed by atoms with Crippen LogP contribution in [0.4, 0.5) is 0 Å². The predicted octanol–water partition coefficient (Wildman–Crippen LogP) is 3.74. The molecule has 1 fully saturated rings. The fraction of sp³-hybridized carbons (Fsp3) is 0.571. The maximum Gasteiger partial charge on any atom is 0.125 e. The molecule has 1 heterocycles. The van der Waals surface area contributed by atoms with Crippen molar-refractivity contribution >= 4 is 11.6 Å². The van der Waals surface area contributed by atoms with Crippen molar-refractivity contribution in [2.45, 2.75) is 50.7 Å². The van der Waals surface area contributed by atoms with E-state index in [1.165, 1.54) is 12.8 Å². The van der Waals surface area contributed by atoms with Crippen LogP contribution in [-0.2, 0) is 0 Å². The first-order valence-electron chi connectivity index (χ1n) is 6.34. The van der Waals surface area contributed by atoms with Crippen LogP contribution < -0.4 is 10.5 Å². The zero-order valence-electron chi connectivity index (χ0n) is 10.1. The fourth-order valence-electron chi connectivity index (χ4n) is 3.16. The van der Waals surface area contributed by atoms with Crippen molar-refractivity contribution in [3.8, 4) is 5.75 Å². The van der Waals surface area contributed by atoms with Crippen molar-refractivity contribution in [1.29, 1.82) is 0 Å². The minimum absolute atomic E-state index is 0.00663. The second-order valence-electron chi connectivity index (χ2n) is 5.44. The van der Waals surface area contributed by atoms with Crippen molar-refractivity contribution < 1.29 is 4.74 Å². The summed E-state index contributed by atoms with van der Waals surface area (Å²) in [6.07, 6.45) is 5.73. The molecule has 1 aliphatic heterocycles. The predicted molar refractivity (Wildman–Crippen MR) is 69.6 cm³/mol. The van der Waals surface area contributed by atoms with Crippen LogP contribution >= 0.6 is 11.6 Å². The lowest BCUT2D eigenvalue weighted by Crippen LogP contribution is -2.40. The molecule has 0 saturated heterocycles. The largest absolute Gasteiger partial charge is 0.487 e. The molecular formula is C14H18ClNO. The lowest BCUT2D eigenvalue weighted by atomic mass is 9.86. The molecule has 1 aliphatic carbocycles. The number of halogens is 1. The molecule has 0 bridgehead atoms. The van der Waals surface area contributed by atoms with E-state index in [0.29, 0.717) is 0 Å².